The monoisotopic (exact) mass is 1350 g/mol. The fraction of sp³-hybridized carbons (Fsp3) is 0.400. The molecule has 2 saturated heterocycles. The summed E-state index contributed by atoms with van der Waals surface area (Å²) in [4.78, 5) is 85.5. The molecule has 496 valence electrons. The van der Waals surface area contributed by atoms with Gasteiger partial charge in [-0.25, -0.2) is 15.0 Å². The number of ether oxygens (including phenoxy) is 3. The molecule has 2 fully saturated rings. The van der Waals surface area contributed by atoms with Crippen molar-refractivity contribution in [1.82, 2.24) is 43.0 Å². The topological polar surface area (TPSA) is 249 Å². The Kier molecular flexibility index (Phi) is 18.6. The van der Waals surface area contributed by atoms with E-state index in [0.717, 1.165) is 85.8 Å². The molecule has 6 aliphatic rings. The molecule has 2 amide bonds. The Labute approximate surface area is 560 Å². The molecule has 0 spiro atoms. The Morgan fingerprint density at radius 2 is 1.17 bits per heavy atom. The van der Waals surface area contributed by atoms with Gasteiger partial charge < -0.3 is 53.2 Å². The summed E-state index contributed by atoms with van der Waals surface area (Å²) in [5, 5.41) is 25.6. The summed E-state index contributed by atoms with van der Waals surface area (Å²) < 4.78 is 25.5. The lowest BCUT2D eigenvalue weighted by atomic mass is 9.77. The molecule has 11 heterocycles. The first-order valence-electron chi connectivity index (χ1n) is 32.2. The van der Waals surface area contributed by atoms with Crippen LogP contribution in [0.5, 0.6) is 11.5 Å². The van der Waals surface area contributed by atoms with Crippen LogP contribution in [0, 0.1) is 10.8 Å². The Bertz CT molecular complexity index is 4380. The molecule has 4 aliphatic heterocycles. The van der Waals surface area contributed by atoms with Gasteiger partial charge in [0.2, 0.25) is 0 Å². The van der Waals surface area contributed by atoms with Crippen molar-refractivity contribution in [3.63, 3.8) is 0 Å². The zero-order valence-electron chi connectivity index (χ0n) is 55.4. The largest absolute Gasteiger partial charge is 0.488 e. The van der Waals surface area contributed by atoms with E-state index in [1.54, 1.807) is 72.9 Å². The second-order valence-electron chi connectivity index (χ2n) is 27.2. The van der Waals surface area contributed by atoms with Crippen LogP contribution in [0.3, 0.4) is 0 Å². The lowest BCUT2D eigenvalue weighted by Gasteiger charge is -2.36. The van der Waals surface area contributed by atoms with Gasteiger partial charge in [-0.3, -0.25) is 43.6 Å². The molecular formula is C70H81BBrN13O10. The maximum Gasteiger partial charge on any atom is 0.488 e. The number of nitrogens with zero attached hydrogens (tertiary/aromatic N) is 11. The van der Waals surface area contributed by atoms with Crippen molar-refractivity contribution in [1.29, 1.82) is 0 Å². The number of halogens is 1. The number of aryl methyl sites for hydroxylation is 2. The summed E-state index contributed by atoms with van der Waals surface area (Å²) in [7, 11) is 5.95. The minimum Gasteiger partial charge on any atom is -0.488 e. The third kappa shape index (κ3) is 14.1. The number of nitrogens with one attached hydrogen (secondary N) is 2. The third-order valence-electron chi connectivity index (χ3n) is 18.4. The Morgan fingerprint density at radius 3 is 1.69 bits per heavy atom. The van der Waals surface area contributed by atoms with Gasteiger partial charge in [-0.05, 0) is 173 Å². The zero-order chi connectivity index (χ0) is 67.4. The molecule has 0 bridgehead atoms. The number of fused-ring (bicyclic) bond motifs is 6. The molecule has 25 heteroatoms. The summed E-state index contributed by atoms with van der Waals surface area (Å²) in [5.74, 6) is 2.48. The van der Waals surface area contributed by atoms with Crippen molar-refractivity contribution >= 4 is 80.8 Å². The molecule has 0 atom stereocenters. The van der Waals surface area contributed by atoms with Gasteiger partial charge in [-0.2, -0.15) is 0 Å². The minimum atomic E-state index is -1.57. The van der Waals surface area contributed by atoms with Crippen LogP contribution in [0.2, 0.25) is 0 Å². The second kappa shape index (κ2) is 26.7. The number of rotatable bonds is 15. The number of carbonyl (C=O) groups is 3. The van der Waals surface area contributed by atoms with E-state index in [2.05, 4.69) is 102 Å². The van der Waals surface area contributed by atoms with Gasteiger partial charge in [0.25, 0.3) is 22.9 Å². The van der Waals surface area contributed by atoms with Crippen LogP contribution in [0.25, 0.3) is 11.1 Å². The van der Waals surface area contributed by atoms with E-state index in [1.807, 2.05) is 55.5 Å². The van der Waals surface area contributed by atoms with Gasteiger partial charge in [0.05, 0.1) is 6.20 Å². The number of amides is 2. The van der Waals surface area contributed by atoms with Crippen LogP contribution < -0.4 is 46.5 Å². The molecular weight excluding hydrogens is 1270 g/mol. The van der Waals surface area contributed by atoms with E-state index in [0.29, 0.717) is 88.3 Å². The number of pyridine rings is 5. The van der Waals surface area contributed by atoms with Gasteiger partial charge in [-0.1, -0.05) is 34.6 Å². The average molecular weight is 1360 g/mol. The van der Waals surface area contributed by atoms with E-state index in [9.17, 15) is 34.0 Å². The third-order valence-corrected chi connectivity index (χ3v) is 18.8. The number of hydrogen-bond donors (Lipinski definition) is 4. The first kappa shape index (κ1) is 66.2. The van der Waals surface area contributed by atoms with E-state index in [-0.39, 0.29) is 52.6 Å². The summed E-state index contributed by atoms with van der Waals surface area (Å²) in [5.41, 5.74) is 11.3. The number of likely N-dealkylation sites (N-methyl/N-ethyl adjacent to an activating group) is 2. The number of carbonyl (C=O) groups excluding carboxylic acids is 3. The fourth-order valence-corrected chi connectivity index (χ4v) is 14.4. The second-order valence-corrected chi connectivity index (χ2v) is 28.2. The molecule has 0 radical (unpaired) electrons. The van der Waals surface area contributed by atoms with Crippen LogP contribution >= 0.6 is 15.9 Å². The average Bonchev–Trinajstić information content (AvgIpc) is 1.63. The van der Waals surface area contributed by atoms with Crippen LogP contribution in [-0.2, 0) is 75.4 Å². The molecule has 4 N–H and O–H groups in total. The predicted molar refractivity (Wildman–Crippen MR) is 369 cm³/mol. The Hall–Kier alpha value is -8.88. The molecule has 2 aliphatic carbocycles. The molecule has 8 aromatic rings. The van der Waals surface area contributed by atoms with Crippen molar-refractivity contribution < 1.29 is 38.6 Å². The molecule has 0 saturated carbocycles. The summed E-state index contributed by atoms with van der Waals surface area (Å²) >= 11 is 3.37. The van der Waals surface area contributed by atoms with Crippen LogP contribution in [-0.4, -0.2) is 144 Å². The lowest BCUT2D eigenvalue weighted by molar-refractivity contribution is -0.142. The van der Waals surface area contributed by atoms with Crippen molar-refractivity contribution in [2.45, 2.75) is 106 Å². The van der Waals surface area contributed by atoms with Crippen molar-refractivity contribution in [3.8, 4) is 22.6 Å². The van der Waals surface area contributed by atoms with Crippen LogP contribution in [0.1, 0.15) is 96.2 Å². The van der Waals surface area contributed by atoms with Crippen LogP contribution in [0.4, 0.5) is 34.5 Å². The number of esters is 1. The van der Waals surface area contributed by atoms with Gasteiger partial charge in [-0.15, -0.1) is 0 Å². The number of benzene rings is 1. The highest BCUT2D eigenvalue weighted by molar-refractivity contribution is 9.10. The first-order chi connectivity index (χ1) is 45.3. The van der Waals surface area contributed by atoms with Gasteiger partial charge in [0.1, 0.15) is 70.5 Å². The lowest BCUT2D eigenvalue weighted by Crippen LogP contribution is -2.51. The normalized spacial score (nSPS) is 17.0. The van der Waals surface area contributed by atoms with Crippen molar-refractivity contribution in [2.24, 2.45) is 24.9 Å². The van der Waals surface area contributed by atoms with E-state index in [4.69, 9.17) is 14.2 Å². The maximum absolute atomic E-state index is 14.0. The predicted octanol–water partition coefficient (Wildman–Crippen LogP) is 7.42. The molecule has 95 heavy (non-hydrogen) atoms. The molecule has 23 nitrogen and oxygen atoms in total. The summed E-state index contributed by atoms with van der Waals surface area (Å²) in [6.45, 7) is 18.3. The summed E-state index contributed by atoms with van der Waals surface area (Å²) in [6, 6.07) is 22.2. The Morgan fingerprint density at radius 1 is 0.642 bits per heavy atom. The highest BCUT2D eigenvalue weighted by Crippen LogP contribution is 2.42. The Balaban J connectivity index is 0.000000151. The first-order valence-corrected chi connectivity index (χ1v) is 33.0. The standard InChI is InChI=1S/C36H40N6O5.C19H24BN3O3.C15H17BrN4O2/c1-22(43)46-21-29-28(10-11-37-33(29)42-13-12-41-31(35(42)45)15-23-16-36(2,3)17-32(23)41)24-14-30(34(44)40(5)18-24)38-25-6-8-26(9-7-25)47-27-19-39(4)20-27;1-4-13-14(20(25)26)5-6-21-17(13)23-8-7-22-15(18(23)24)9-12-10-19(2,3)11-16(12)22;1-19-8-12(9-19)22-11-3-4-14(17-6-11)18-13-5-10(16)7-20(2)15(13)21/h6-11,14-15,18,27,38H,12-13,16-17,19-21H2,1-5H3;5-6,9,25-26H,4,7-8,10-11H2,1-3H3;3-7,12H,8-9H2,1-2H3,(H,17,18). The SMILES string of the molecule is CC(=O)OCc1c(-c2cc(Nc3ccc(OC4CN(C)C4)cc3)c(=O)n(C)c2)ccnc1N1CCn2c(cc3c2CC(C)(C)C3)C1=O.CCc1c(B(O)O)ccnc1N1CCn2c(cc3c2CC(C)(C)C3)C1=O.CN1CC(Oc2ccc(Nc3cc(Br)cn(C)c3=O)nc2)C1. The minimum absolute atomic E-state index is 0.0600. The van der Waals surface area contributed by atoms with Gasteiger partial charge in [0.15, 0.2) is 0 Å². The fourth-order valence-electron chi connectivity index (χ4n) is 13.8. The smallest absolute Gasteiger partial charge is 0.488 e. The zero-order valence-corrected chi connectivity index (χ0v) is 57.0. The number of anilines is 6. The van der Waals surface area contributed by atoms with Crippen molar-refractivity contribution in [3.05, 3.63) is 174 Å². The summed E-state index contributed by atoms with van der Waals surface area (Å²) in [6.07, 6.45) is 13.2. The van der Waals surface area contributed by atoms with Gasteiger partial charge in [0, 0.05) is 131 Å². The molecule has 14 rings (SSSR count). The number of aromatic nitrogens is 7. The van der Waals surface area contributed by atoms with E-state index < -0.39 is 13.1 Å². The molecule has 7 aromatic heterocycles. The number of likely N-dealkylation sites (tertiary alicyclic amines) is 2. The van der Waals surface area contributed by atoms with Crippen molar-refractivity contribution in [2.75, 3.05) is 73.8 Å². The highest BCUT2D eigenvalue weighted by Gasteiger charge is 2.40. The van der Waals surface area contributed by atoms with E-state index in [1.165, 1.54) is 44.8 Å². The molecule has 1 aromatic carbocycles. The van der Waals surface area contributed by atoms with Gasteiger partial charge >= 0.3 is 13.1 Å². The quantitative estimate of drug-likeness (QED) is 0.0576. The van der Waals surface area contributed by atoms with Crippen LogP contribution in [0.15, 0.2) is 118 Å². The van der Waals surface area contributed by atoms with E-state index >= 15 is 0 Å². The maximum atomic E-state index is 14.0. The number of hydrogen-bond acceptors (Lipinski definition) is 17. The molecule has 0 unspecified atom stereocenters. The highest BCUT2D eigenvalue weighted by atomic mass is 79.9.